The molecule has 0 bridgehead atoms. The third kappa shape index (κ3) is 7.27. The minimum Gasteiger partial charge on any atom is -0.461 e. The van der Waals surface area contributed by atoms with Gasteiger partial charge in [0.1, 0.15) is 12.4 Å². The van der Waals surface area contributed by atoms with E-state index >= 15 is 0 Å². The number of halogens is 6. The lowest BCUT2D eigenvalue weighted by Crippen LogP contribution is -2.43. The van der Waals surface area contributed by atoms with Crippen molar-refractivity contribution in [1.82, 2.24) is 29.5 Å². The molecule has 288 valence electrons. The van der Waals surface area contributed by atoms with E-state index in [0.29, 0.717) is 60.6 Å². The van der Waals surface area contributed by atoms with Gasteiger partial charge in [-0.15, -0.1) is 5.92 Å². The number of nitrogen functional groups attached to an aromatic ring is 1. The zero-order valence-electron chi connectivity index (χ0n) is 30.1. The lowest BCUT2D eigenvalue weighted by Gasteiger charge is -2.33. The average molecular weight is 820 g/mol. The topological polar surface area (TPSA) is 115 Å². The molecular formula is C37H40BrF5N8O3. The first-order valence-electron chi connectivity index (χ1n) is 17.7. The lowest BCUT2D eigenvalue weighted by atomic mass is 9.91. The largest absolute Gasteiger partial charge is 0.461 e. The number of benzene rings is 1. The highest BCUT2D eigenvalue weighted by atomic mass is 79.9. The van der Waals surface area contributed by atoms with Crippen LogP contribution in [0.3, 0.4) is 0 Å². The molecule has 11 nitrogen and oxygen atoms in total. The van der Waals surface area contributed by atoms with Crippen LogP contribution in [0.15, 0.2) is 28.8 Å². The number of nitrogens with zero attached hydrogens (tertiary/aromatic N) is 7. The van der Waals surface area contributed by atoms with Gasteiger partial charge in [-0.25, -0.2) is 0 Å². The molecule has 54 heavy (non-hydrogen) atoms. The van der Waals surface area contributed by atoms with Gasteiger partial charge in [0.05, 0.1) is 46.2 Å². The Labute approximate surface area is 317 Å². The Morgan fingerprint density at radius 3 is 2.72 bits per heavy atom. The molecule has 2 N–H and O–H groups in total. The third-order valence-corrected chi connectivity index (χ3v) is 11.5. The van der Waals surface area contributed by atoms with Crippen LogP contribution >= 0.6 is 15.9 Å². The zero-order valence-corrected chi connectivity index (χ0v) is 31.7. The van der Waals surface area contributed by atoms with Crippen LogP contribution < -0.4 is 15.4 Å². The number of aromatic nitrogens is 4. The van der Waals surface area contributed by atoms with Crippen molar-refractivity contribution in [3.63, 3.8) is 0 Å². The Morgan fingerprint density at radius 1 is 1.20 bits per heavy atom. The Kier molecular flexibility index (Phi) is 10.4. The van der Waals surface area contributed by atoms with Crippen molar-refractivity contribution < 1.29 is 36.2 Å². The van der Waals surface area contributed by atoms with E-state index in [-0.39, 0.29) is 60.0 Å². The SMILES string of the molecule is CC#Cc1cc(N)cc([C@@H]2Cc3nc(OC[C@]45CCCN4C[C@@H](C=C(F)F)C5)nc(N4CCCn5nc(C(=O)N(C)C)c(Br)c5C4)c3CO2)c1C(F)(F)F. The summed E-state index contributed by atoms with van der Waals surface area (Å²) in [6, 6.07) is 2.52. The highest BCUT2D eigenvalue weighted by Gasteiger charge is 2.49. The summed E-state index contributed by atoms with van der Waals surface area (Å²) in [7, 11) is 3.30. The van der Waals surface area contributed by atoms with Crippen LogP contribution in [-0.4, -0.2) is 81.3 Å². The van der Waals surface area contributed by atoms with Gasteiger partial charge in [-0.05, 0) is 84.8 Å². The summed E-state index contributed by atoms with van der Waals surface area (Å²) >= 11 is 3.61. The van der Waals surface area contributed by atoms with Gasteiger partial charge in [0.25, 0.3) is 12.0 Å². The Hall–Kier alpha value is -4.27. The number of ether oxygens (including phenoxy) is 2. The number of rotatable bonds is 7. The van der Waals surface area contributed by atoms with Gasteiger partial charge in [0.2, 0.25) is 0 Å². The van der Waals surface area contributed by atoms with E-state index in [2.05, 4.69) is 37.8 Å². The second-order valence-electron chi connectivity index (χ2n) is 14.5. The second kappa shape index (κ2) is 14.8. The van der Waals surface area contributed by atoms with Gasteiger partial charge in [0.15, 0.2) is 5.69 Å². The van der Waals surface area contributed by atoms with E-state index < -0.39 is 29.5 Å². The Bertz CT molecular complexity index is 2060. The number of alkyl halides is 3. The van der Waals surface area contributed by atoms with E-state index in [1.807, 2.05) is 4.90 Å². The van der Waals surface area contributed by atoms with Crippen LogP contribution in [0.25, 0.3) is 0 Å². The number of aryl methyl sites for hydroxylation is 1. The van der Waals surface area contributed by atoms with Crippen LogP contribution in [0.5, 0.6) is 6.01 Å². The van der Waals surface area contributed by atoms with Crippen molar-refractivity contribution in [2.24, 2.45) is 5.92 Å². The molecule has 1 amide bonds. The standard InChI is InChI=1S/C37H40BrF5N8O3/c1-4-7-22-13-23(44)14-24(30(22)37(41,42)43)28-15-26-25(19-53-28)33(49-9-6-11-51-27(18-49)31(38)32(47-51)34(52)48(2)3)46-35(45-26)54-20-36-8-5-10-50(36)17-21(16-36)12-29(39)40/h12-14,21,28H,5-6,8-11,15-20,44H2,1-3H3/t21-,28-,36+/m0/s1. The van der Waals surface area contributed by atoms with Gasteiger partial charge in [-0.2, -0.15) is 37.0 Å². The Morgan fingerprint density at radius 2 is 2.00 bits per heavy atom. The lowest BCUT2D eigenvalue weighted by molar-refractivity contribution is -0.140. The fraction of sp³-hybridized carbons (Fsp3) is 0.514. The minimum absolute atomic E-state index is 0.0303. The summed E-state index contributed by atoms with van der Waals surface area (Å²) in [5.41, 5.74) is 6.56. The molecule has 17 heteroatoms. The maximum absolute atomic E-state index is 14.6. The maximum Gasteiger partial charge on any atom is 0.417 e. The fourth-order valence-corrected chi connectivity index (χ4v) is 8.89. The van der Waals surface area contributed by atoms with E-state index in [1.54, 1.807) is 18.8 Å². The molecule has 4 aliphatic rings. The summed E-state index contributed by atoms with van der Waals surface area (Å²) in [5.74, 6) is 5.02. The first-order valence-corrected chi connectivity index (χ1v) is 18.5. The summed E-state index contributed by atoms with van der Waals surface area (Å²) in [5, 5.41) is 4.59. The molecular weight excluding hydrogens is 779 g/mol. The molecule has 2 fully saturated rings. The van der Waals surface area contributed by atoms with Gasteiger partial charge < -0.3 is 25.0 Å². The number of fused-ring (bicyclic) bond motifs is 3. The molecule has 2 aromatic heterocycles. The predicted octanol–water partition coefficient (Wildman–Crippen LogP) is 6.35. The van der Waals surface area contributed by atoms with Crippen LogP contribution in [0.4, 0.5) is 33.5 Å². The highest BCUT2D eigenvalue weighted by molar-refractivity contribution is 9.10. The Balaban J connectivity index is 1.27. The monoisotopic (exact) mass is 818 g/mol. The van der Waals surface area contributed by atoms with Crippen LogP contribution in [0.1, 0.15) is 82.8 Å². The van der Waals surface area contributed by atoms with Crippen molar-refractivity contribution in [3.05, 3.63) is 68.1 Å². The summed E-state index contributed by atoms with van der Waals surface area (Å²) in [6.45, 7) is 4.14. The van der Waals surface area contributed by atoms with Gasteiger partial charge in [-0.3, -0.25) is 14.4 Å². The van der Waals surface area contributed by atoms with Gasteiger partial charge in [0, 0.05) is 57.0 Å². The van der Waals surface area contributed by atoms with Crippen LogP contribution in [0, 0.1) is 17.8 Å². The quantitative estimate of drug-likeness (QED) is 0.166. The molecule has 3 aromatic rings. The van der Waals surface area contributed by atoms with Gasteiger partial charge >= 0.3 is 12.2 Å². The first kappa shape index (κ1) is 38.0. The van der Waals surface area contributed by atoms with Crippen molar-refractivity contribution in [2.75, 3.05) is 51.0 Å². The second-order valence-corrected chi connectivity index (χ2v) is 15.2. The van der Waals surface area contributed by atoms with E-state index in [0.717, 1.165) is 31.2 Å². The maximum atomic E-state index is 14.6. The number of carbonyl (C=O) groups excluding carboxylic acids is 1. The number of carbonyl (C=O) groups is 1. The third-order valence-electron chi connectivity index (χ3n) is 10.6. The fourth-order valence-electron chi connectivity index (χ4n) is 8.32. The number of amides is 1. The zero-order chi connectivity index (χ0) is 38.5. The van der Waals surface area contributed by atoms with Gasteiger partial charge in [-0.1, -0.05) is 5.92 Å². The minimum atomic E-state index is -4.74. The predicted molar refractivity (Wildman–Crippen MR) is 193 cm³/mol. The highest BCUT2D eigenvalue weighted by Crippen LogP contribution is 2.45. The van der Waals surface area contributed by atoms with E-state index in [4.69, 9.17) is 25.2 Å². The van der Waals surface area contributed by atoms with E-state index in [9.17, 15) is 26.7 Å². The molecule has 1 aromatic carbocycles. The summed E-state index contributed by atoms with van der Waals surface area (Å²) < 4.78 is 85.3. The normalized spacial score (nSPS) is 22.4. The summed E-state index contributed by atoms with van der Waals surface area (Å²) in [6.07, 6.45) is -3.74. The molecule has 2 saturated heterocycles. The molecule has 6 heterocycles. The number of hydrogen-bond donors (Lipinski definition) is 1. The molecule has 3 atom stereocenters. The molecule has 0 aliphatic carbocycles. The average Bonchev–Trinajstić information content (AvgIpc) is 3.68. The number of nitrogens with two attached hydrogens (primary N) is 1. The molecule has 0 spiro atoms. The number of anilines is 2. The van der Waals surface area contributed by atoms with Crippen molar-refractivity contribution in [2.45, 2.75) is 76.5 Å². The van der Waals surface area contributed by atoms with E-state index in [1.165, 1.54) is 24.0 Å². The van der Waals surface area contributed by atoms with Crippen molar-refractivity contribution in [3.8, 4) is 17.9 Å². The smallest absolute Gasteiger partial charge is 0.417 e. The first-order chi connectivity index (χ1) is 25.7. The molecule has 7 rings (SSSR count). The van der Waals surface area contributed by atoms with Crippen molar-refractivity contribution in [1.29, 1.82) is 0 Å². The molecule has 0 radical (unpaired) electrons. The number of hydrogen-bond acceptors (Lipinski definition) is 9. The molecule has 0 saturated carbocycles. The molecule has 4 aliphatic heterocycles. The van der Waals surface area contributed by atoms with Crippen LogP contribution in [0.2, 0.25) is 0 Å². The van der Waals surface area contributed by atoms with Crippen LogP contribution in [-0.2, 0) is 37.0 Å². The molecule has 0 unspecified atom stereocenters. The summed E-state index contributed by atoms with van der Waals surface area (Å²) in [4.78, 5) is 28.3. The van der Waals surface area contributed by atoms with Crippen molar-refractivity contribution >= 4 is 33.3 Å².